The summed E-state index contributed by atoms with van der Waals surface area (Å²) in [5.74, 6) is -1.18. The number of aliphatic hydroxyl groups excluding tert-OH is 1. The summed E-state index contributed by atoms with van der Waals surface area (Å²) in [7, 11) is 0. The summed E-state index contributed by atoms with van der Waals surface area (Å²) in [5.41, 5.74) is 3.31. The molecule has 5 nitrogen and oxygen atoms in total. The van der Waals surface area contributed by atoms with E-state index in [4.69, 9.17) is 4.74 Å². The summed E-state index contributed by atoms with van der Waals surface area (Å²) in [4.78, 5) is 23.5. The Bertz CT molecular complexity index is 884. The lowest BCUT2D eigenvalue weighted by molar-refractivity contribution is -0.147. The molecule has 0 aliphatic heterocycles. The van der Waals surface area contributed by atoms with Gasteiger partial charge in [-0.15, -0.1) is 11.8 Å². The Hall–Kier alpha value is -2.31. The van der Waals surface area contributed by atoms with Crippen molar-refractivity contribution in [3.8, 4) is 0 Å². The molecule has 6 heteroatoms. The smallest absolute Gasteiger partial charge is 0.334 e. The Labute approximate surface area is 214 Å². The number of thioether (sulfide) groups is 1. The molecular formula is C29H40O5S. The van der Waals surface area contributed by atoms with E-state index in [2.05, 4.69) is 30.3 Å². The molecule has 35 heavy (non-hydrogen) atoms. The van der Waals surface area contributed by atoms with E-state index in [-0.39, 0.29) is 18.5 Å². The number of unbranched alkanes of at least 4 members (excludes halogenated alkanes) is 5. The van der Waals surface area contributed by atoms with Crippen molar-refractivity contribution in [2.75, 3.05) is 5.75 Å². The van der Waals surface area contributed by atoms with Gasteiger partial charge in [0.05, 0.1) is 17.8 Å². The number of carboxylic acid groups (broad SMARTS) is 1. The number of esters is 1. The van der Waals surface area contributed by atoms with Crippen molar-refractivity contribution >= 4 is 23.7 Å². The van der Waals surface area contributed by atoms with Crippen molar-refractivity contribution in [1.82, 2.24) is 0 Å². The maximum Gasteiger partial charge on any atom is 0.334 e. The van der Waals surface area contributed by atoms with Crippen molar-refractivity contribution in [1.29, 1.82) is 0 Å². The predicted molar refractivity (Wildman–Crippen MR) is 143 cm³/mol. The zero-order chi connectivity index (χ0) is 25.5. The Balaban J connectivity index is 1.82. The number of carbonyl (C=O) groups is 2. The Morgan fingerprint density at radius 3 is 2.11 bits per heavy atom. The van der Waals surface area contributed by atoms with Gasteiger partial charge in [0.2, 0.25) is 0 Å². The number of aliphatic carboxylic acids is 1. The molecule has 0 aliphatic carbocycles. The van der Waals surface area contributed by atoms with Crippen LogP contribution in [0, 0.1) is 0 Å². The summed E-state index contributed by atoms with van der Waals surface area (Å²) in [6, 6.07) is 18.3. The summed E-state index contributed by atoms with van der Waals surface area (Å²) in [5, 5.41) is 19.2. The van der Waals surface area contributed by atoms with Crippen molar-refractivity contribution in [2.24, 2.45) is 0 Å². The van der Waals surface area contributed by atoms with Gasteiger partial charge in [-0.25, -0.2) is 4.79 Å². The van der Waals surface area contributed by atoms with Gasteiger partial charge in [-0.05, 0) is 56.2 Å². The quantitative estimate of drug-likeness (QED) is 0.194. The highest BCUT2D eigenvalue weighted by Crippen LogP contribution is 2.35. The first-order chi connectivity index (χ1) is 16.9. The van der Waals surface area contributed by atoms with Crippen molar-refractivity contribution in [3.05, 3.63) is 71.3 Å². The Kier molecular flexibility index (Phi) is 13.5. The predicted octanol–water partition coefficient (Wildman–Crippen LogP) is 6.37. The minimum atomic E-state index is -1.54. The number of hydrogen-bond donors (Lipinski definition) is 2. The third kappa shape index (κ3) is 11.3. The highest BCUT2D eigenvalue weighted by Gasteiger charge is 2.29. The van der Waals surface area contributed by atoms with E-state index < -0.39 is 17.3 Å². The lowest BCUT2D eigenvalue weighted by atomic mass is 9.96. The second-order valence-electron chi connectivity index (χ2n) is 9.17. The summed E-state index contributed by atoms with van der Waals surface area (Å²) < 4.78 is 5.16. The van der Waals surface area contributed by atoms with Gasteiger partial charge in [-0.3, -0.25) is 4.79 Å². The number of carbonyl (C=O) groups excluding carboxylic acids is 1. The molecule has 0 saturated carbocycles. The van der Waals surface area contributed by atoms with Crippen LogP contribution >= 0.6 is 11.8 Å². The normalized spacial score (nSPS) is 12.9. The number of aryl methyl sites for hydroxylation is 2. The second-order valence-corrected chi connectivity index (χ2v) is 10.4. The lowest BCUT2D eigenvalue weighted by Crippen LogP contribution is -2.27. The average Bonchev–Trinajstić information content (AvgIpc) is 2.83. The number of benzene rings is 2. The number of carboxylic acids is 1. The lowest BCUT2D eigenvalue weighted by Gasteiger charge is -2.23. The molecule has 2 aromatic rings. The molecule has 2 rings (SSSR count). The highest BCUT2D eigenvalue weighted by molar-refractivity contribution is 7.99. The number of rotatable bonds is 17. The standard InChI is InChI=1S/C29H40O5S/c1-22(2)34-26(30)20-21-35-28(27(31)29(32)33)25-19-13-12-18-24(25)17-11-6-4-3-5-8-14-23-15-9-7-10-16-23/h7,9-10,12-13,15-16,18-19,22,27-28,31H,3-6,8,11,14,17,20-21H2,1-2H3,(H,32,33)/t27-,28-/m1/s1. The van der Waals surface area contributed by atoms with Crippen LogP contribution in [0.4, 0.5) is 0 Å². The molecule has 0 aliphatic rings. The molecule has 192 valence electrons. The second kappa shape index (κ2) is 16.4. The zero-order valence-corrected chi connectivity index (χ0v) is 21.8. The fraction of sp³-hybridized carbons (Fsp3) is 0.517. The molecule has 0 unspecified atom stereocenters. The van der Waals surface area contributed by atoms with Crippen molar-refractivity contribution in [2.45, 2.75) is 89.1 Å². The summed E-state index contributed by atoms with van der Waals surface area (Å²) in [6.45, 7) is 3.59. The van der Waals surface area contributed by atoms with Crippen molar-refractivity contribution in [3.63, 3.8) is 0 Å². The van der Waals surface area contributed by atoms with E-state index in [1.807, 2.05) is 24.3 Å². The van der Waals surface area contributed by atoms with Crippen LogP contribution in [-0.4, -0.2) is 40.1 Å². The van der Waals surface area contributed by atoms with Gasteiger partial charge in [-0.1, -0.05) is 80.3 Å². The van der Waals surface area contributed by atoms with Gasteiger partial charge in [0, 0.05) is 5.75 Å². The summed E-state index contributed by atoms with van der Waals surface area (Å²) >= 11 is 1.30. The molecule has 0 bridgehead atoms. The largest absolute Gasteiger partial charge is 0.479 e. The van der Waals surface area contributed by atoms with Gasteiger partial charge in [0.25, 0.3) is 0 Å². The Morgan fingerprint density at radius 2 is 1.46 bits per heavy atom. The van der Waals surface area contributed by atoms with Gasteiger partial charge >= 0.3 is 11.9 Å². The maximum atomic E-state index is 11.9. The van der Waals surface area contributed by atoms with Crippen LogP contribution in [-0.2, 0) is 27.2 Å². The molecule has 0 radical (unpaired) electrons. The van der Waals surface area contributed by atoms with Crippen LogP contribution in [0.25, 0.3) is 0 Å². The van der Waals surface area contributed by atoms with Crippen LogP contribution in [0.5, 0.6) is 0 Å². The van der Waals surface area contributed by atoms with Gasteiger partial charge in [0.1, 0.15) is 0 Å². The minimum absolute atomic E-state index is 0.179. The van der Waals surface area contributed by atoms with E-state index in [0.29, 0.717) is 5.75 Å². The first-order valence-corrected chi connectivity index (χ1v) is 13.8. The fourth-order valence-electron chi connectivity index (χ4n) is 4.11. The molecule has 2 N–H and O–H groups in total. The van der Waals surface area contributed by atoms with Gasteiger partial charge in [-0.2, -0.15) is 0 Å². The van der Waals surface area contributed by atoms with E-state index in [9.17, 15) is 19.8 Å². The molecule has 0 fully saturated rings. The van der Waals surface area contributed by atoms with Gasteiger partial charge in [0.15, 0.2) is 6.10 Å². The molecular weight excluding hydrogens is 460 g/mol. The van der Waals surface area contributed by atoms with Crippen LogP contribution < -0.4 is 0 Å². The Morgan fingerprint density at radius 1 is 0.857 bits per heavy atom. The number of ether oxygens (including phenoxy) is 1. The maximum absolute atomic E-state index is 11.9. The topological polar surface area (TPSA) is 83.8 Å². The summed E-state index contributed by atoms with van der Waals surface area (Å²) in [6.07, 6.45) is 7.44. The average molecular weight is 501 g/mol. The van der Waals surface area contributed by atoms with E-state index >= 15 is 0 Å². The van der Waals surface area contributed by atoms with Crippen molar-refractivity contribution < 1.29 is 24.5 Å². The van der Waals surface area contributed by atoms with Crippen LogP contribution in [0.1, 0.15) is 80.7 Å². The van der Waals surface area contributed by atoms with Gasteiger partial charge < -0.3 is 14.9 Å². The van der Waals surface area contributed by atoms with Crippen LogP contribution in [0.15, 0.2) is 54.6 Å². The highest BCUT2D eigenvalue weighted by atomic mass is 32.2. The third-order valence-corrected chi connectivity index (χ3v) is 7.19. The minimum Gasteiger partial charge on any atom is -0.479 e. The molecule has 0 spiro atoms. The monoisotopic (exact) mass is 500 g/mol. The van der Waals surface area contributed by atoms with E-state index in [0.717, 1.165) is 36.8 Å². The third-order valence-electron chi connectivity index (χ3n) is 5.88. The molecule has 0 saturated heterocycles. The zero-order valence-electron chi connectivity index (χ0n) is 21.0. The SMILES string of the molecule is CC(C)OC(=O)CCS[C@H](c1ccccc1CCCCCCCCc1ccccc1)[C@@H](O)C(=O)O. The molecule has 0 aromatic heterocycles. The van der Waals surface area contributed by atoms with Crippen LogP contribution in [0.2, 0.25) is 0 Å². The molecule has 2 aromatic carbocycles. The van der Waals surface area contributed by atoms with E-state index in [1.165, 1.54) is 43.0 Å². The number of hydrogen-bond acceptors (Lipinski definition) is 5. The first-order valence-electron chi connectivity index (χ1n) is 12.7. The first kappa shape index (κ1) is 28.9. The molecule has 2 atom stereocenters. The molecule has 0 heterocycles. The van der Waals surface area contributed by atoms with Crippen LogP contribution in [0.3, 0.4) is 0 Å². The molecule has 0 amide bonds. The number of aliphatic hydroxyl groups is 1. The fourth-order valence-corrected chi connectivity index (χ4v) is 5.35. The van der Waals surface area contributed by atoms with E-state index in [1.54, 1.807) is 13.8 Å².